The van der Waals surface area contributed by atoms with E-state index >= 15 is 0 Å². The van der Waals surface area contributed by atoms with Gasteiger partial charge in [0.05, 0.1) is 6.61 Å². The van der Waals surface area contributed by atoms with Crippen LogP contribution in [0, 0.1) is 0 Å². The number of aliphatic hydroxyl groups is 1. The van der Waals surface area contributed by atoms with Gasteiger partial charge in [-0.2, -0.15) is 0 Å². The second-order valence-corrected chi connectivity index (χ2v) is 4.97. The van der Waals surface area contributed by atoms with Crippen molar-refractivity contribution >= 4 is 0 Å². The van der Waals surface area contributed by atoms with Crippen LogP contribution in [0.15, 0.2) is 67.0 Å². The van der Waals surface area contributed by atoms with Crippen molar-refractivity contribution in [3.05, 3.63) is 72.6 Å². The summed E-state index contributed by atoms with van der Waals surface area (Å²) in [6, 6.07) is 17.9. The standard InChI is InChI=1S/C18H18N2O2/c21-12-11-20-10-9-19-18(20)16-7-4-8-17(13-16)22-14-15-5-2-1-3-6-15/h1-10,13,21H,11-12,14H2. The van der Waals surface area contributed by atoms with E-state index in [0.29, 0.717) is 13.2 Å². The van der Waals surface area contributed by atoms with Crippen LogP contribution in [0.2, 0.25) is 0 Å². The lowest BCUT2D eigenvalue weighted by Gasteiger charge is -2.09. The molecule has 0 amide bonds. The molecule has 0 radical (unpaired) electrons. The van der Waals surface area contributed by atoms with Gasteiger partial charge in [0.2, 0.25) is 0 Å². The Labute approximate surface area is 129 Å². The Morgan fingerprint density at radius 3 is 2.73 bits per heavy atom. The molecular formula is C18H18N2O2. The fraction of sp³-hybridized carbons (Fsp3) is 0.167. The van der Waals surface area contributed by atoms with Crippen LogP contribution in [0.3, 0.4) is 0 Å². The third kappa shape index (κ3) is 3.35. The third-order valence-corrected chi connectivity index (χ3v) is 3.40. The SMILES string of the molecule is OCCn1ccnc1-c1cccc(OCc2ccccc2)c1. The van der Waals surface area contributed by atoms with Crippen LogP contribution in [0.25, 0.3) is 11.4 Å². The van der Waals surface area contributed by atoms with Gasteiger partial charge in [-0.25, -0.2) is 4.98 Å². The molecular weight excluding hydrogens is 276 g/mol. The summed E-state index contributed by atoms with van der Waals surface area (Å²) < 4.78 is 7.77. The van der Waals surface area contributed by atoms with E-state index in [2.05, 4.69) is 4.98 Å². The highest BCUT2D eigenvalue weighted by Gasteiger charge is 2.06. The smallest absolute Gasteiger partial charge is 0.140 e. The molecule has 3 aromatic rings. The van der Waals surface area contributed by atoms with Gasteiger partial charge in [0.25, 0.3) is 0 Å². The molecule has 1 aromatic heterocycles. The monoisotopic (exact) mass is 294 g/mol. The number of rotatable bonds is 6. The highest BCUT2D eigenvalue weighted by atomic mass is 16.5. The summed E-state index contributed by atoms with van der Waals surface area (Å²) in [6.45, 7) is 1.16. The van der Waals surface area contributed by atoms with Crippen LogP contribution in [0.5, 0.6) is 5.75 Å². The number of hydrogen-bond acceptors (Lipinski definition) is 3. The molecule has 1 N–H and O–H groups in total. The summed E-state index contributed by atoms with van der Waals surface area (Å²) in [7, 11) is 0. The number of benzene rings is 2. The van der Waals surface area contributed by atoms with Gasteiger partial charge in [0.1, 0.15) is 18.2 Å². The first-order valence-corrected chi connectivity index (χ1v) is 7.26. The van der Waals surface area contributed by atoms with Crippen LogP contribution in [0.1, 0.15) is 5.56 Å². The maximum Gasteiger partial charge on any atom is 0.140 e. The number of imidazole rings is 1. The van der Waals surface area contributed by atoms with Crippen molar-refractivity contribution in [2.24, 2.45) is 0 Å². The third-order valence-electron chi connectivity index (χ3n) is 3.40. The van der Waals surface area contributed by atoms with Crippen LogP contribution >= 0.6 is 0 Å². The quantitative estimate of drug-likeness (QED) is 0.760. The first kappa shape index (κ1) is 14.4. The van der Waals surface area contributed by atoms with Gasteiger partial charge in [-0.15, -0.1) is 0 Å². The normalized spacial score (nSPS) is 10.6. The number of aromatic nitrogens is 2. The Hall–Kier alpha value is -2.59. The lowest BCUT2D eigenvalue weighted by molar-refractivity contribution is 0.276. The lowest BCUT2D eigenvalue weighted by atomic mass is 10.2. The number of aliphatic hydroxyl groups excluding tert-OH is 1. The summed E-state index contributed by atoms with van der Waals surface area (Å²) >= 11 is 0. The van der Waals surface area contributed by atoms with Crippen LogP contribution < -0.4 is 4.74 Å². The minimum atomic E-state index is 0.0908. The van der Waals surface area contributed by atoms with Gasteiger partial charge >= 0.3 is 0 Å². The molecule has 22 heavy (non-hydrogen) atoms. The largest absolute Gasteiger partial charge is 0.489 e. The Morgan fingerprint density at radius 2 is 1.91 bits per heavy atom. The molecule has 0 aliphatic carbocycles. The summed E-state index contributed by atoms with van der Waals surface area (Å²) in [5, 5.41) is 9.10. The Kier molecular flexibility index (Phi) is 4.51. The van der Waals surface area contributed by atoms with Gasteiger partial charge in [-0.1, -0.05) is 42.5 Å². The Bertz CT molecular complexity index is 723. The summed E-state index contributed by atoms with van der Waals surface area (Å²) in [5.74, 6) is 1.64. The van der Waals surface area contributed by atoms with Crippen LogP contribution in [-0.4, -0.2) is 21.3 Å². The molecule has 4 nitrogen and oxygen atoms in total. The zero-order valence-electron chi connectivity index (χ0n) is 12.2. The Morgan fingerprint density at radius 1 is 1.05 bits per heavy atom. The molecule has 1 heterocycles. The molecule has 0 aliphatic heterocycles. The van der Waals surface area contributed by atoms with E-state index in [9.17, 15) is 0 Å². The molecule has 2 aromatic carbocycles. The number of ether oxygens (including phenoxy) is 1. The molecule has 0 spiro atoms. The number of hydrogen-bond donors (Lipinski definition) is 1. The summed E-state index contributed by atoms with van der Waals surface area (Å²) in [5.41, 5.74) is 2.11. The van der Waals surface area contributed by atoms with Gasteiger partial charge in [-0.05, 0) is 17.7 Å². The second kappa shape index (κ2) is 6.91. The maximum atomic E-state index is 9.10. The Balaban J connectivity index is 1.76. The predicted molar refractivity (Wildman–Crippen MR) is 85.5 cm³/mol. The molecule has 3 rings (SSSR count). The fourth-order valence-electron chi connectivity index (χ4n) is 2.32. The maximum absolute atomic E-state index is 9.10. The molecule has 112 valence electrons. The van der Waals surface area contributed by atoms with E-state index in [4.69, 9.17) is 9.84 Å². The topological polar surface area (TPSA) is 47.3 Å². The van der Waals surface area contributed by atoms with Gasteiger partial charge < -0.3 is 14.4 Å². The molecule has 0 unspecified atom stereocenters. The second-order valence-electron chi connectivity index (χ2n) is 4.97. The molecule has 0 fully saturated rings. The first-order valence-electron chi connectivity index (χ1n) is 7.26. The van der Waals surface area contributed by atoms with Crippen molar-refractivity contribution in [2.75, 3.05) is 6.61 Å². The predicted octanol–water partition coefficient (Wildman–Crippen LogP) is 3.12. The highest BCUT2D eigenvalue weighted by molar-refractivity contribution is 5.58. The lowest BCUT2D eigenvalue weighted by Crippen LogP contribution is -2.03. The number of nitrogens with zero attached hydrogens (tertiary/aromatic N) is 2. The summed E-state index contributed by atoms with van der Waals surface area (Å²) in [6.07, 6.45) is 3.60. The van der Waals surface area contributed by atoms with Crippen molar-refractivity contribution < 1.29 is 9.84 Å². The molecule has 0 saturated carbocycles. The van der Waals surface area contributed by atoms with E-state index < -0.39 is 0 Å². The van der Waals surface area contributed by atoms with Crippen molar-refractivity contribution in [3.63, 3.8) is 0 Å². The molecule has 0 aliphatic rings. The fourth-order valence-corrected chi connectivity index (χ4v) is 2.32. The summed E-state index contributed by atoms with van der Waals surface area (Å²) in [4.78, 5) is 4.36. The van der Waals surface area contributed by atoms with Crippen LogP contribution in [-0.2, 0) is 13.2 Å². The molecule has 0 bridgehead atoms. The van der Waals surface area contributed by atoms with Crippen molar-refractivity contribution in [1.82, 2.24) is 9.55 Å². The van der Waals surface area contributed by atoms with E-state index in [0.717, 1.165) is 22.7 Å². The first-order chi connectivity index (χ1) is 10.9. The van der Waals surface area contributed by atoms with E-state index in [1.165, 1.54) is 0 Å². The van der Waals surface area contributed by atoms with Gasteiger partial charge in [0.15, 0.2) is 0 Å². The average Bonchev–Trinajstić information content (AvgIpc) is 3.03. The average molecular weight is 294 g/mol. The highest BCUT2D eigenvalue weighted by Crippen LogP contribution is 2.23. The van der Waals surface area contributed by atoms with E-state index in [1.54, 1.807) is 6.20 Å². The minimum Gasteiger partial charge on any atom is -0.489 e. The minimum absolute atomic E-state index is 0.0908. The zero-order chi connectivity index (χ0) is 15.2. The molecule has 4 heteroatoms. The van der Waals surface area contributed by atoms with E-state index in [-0.39, 0.29) is 6.61 Å². The van der Waals surface area contributed by atoms with Gasteiger partial charge in [-0.3, -0.25) is 0 Å². The van der Waals surface area contributed by atoms with Crippen molar-refractivity contribution in [1.29, 1.82) is 0 Å². The molecule has 0 atom stereocenters. The van der Waals surface area contributed by atoms with E-state index in [1.807, 2.05) is 65.4 Å². The molecule has 0 saturated heterocycles. The zero-order valence-corrected chi connectivity index (χ0v) is 12.2. The van der Waals surface area contributed by atoms with Gasteiger partial charge in [0, 0.05) is 24.5 Å². The van der Waals surface area contributed by atoms with Crippen LogP contribution in [0.4, 0.5) is 0 Å². The van der Waals surface area contributed by atoms with Crippen molar-refractivity contribution in [2.45, 2.75) is 13.2 Å². The van der Waals surface area contributed by atoms with Crippen molar-refractivity contribution in [3.8, 4) is 17.1 Å².